The minimum absolute atomic E-state index is 0.652. The van der Waals surface area contributed by atoms with Crippen LogP contribution in [0.4, 0.5) is 5.69 Å². The standard InChI is InChI=1S/C13H17N3/c1-16-13(9-5-2-3-6-9)12-10(14)7-4-8-11(12)15-16/h4,7-9H,2-3,5-6,14H2,1H3. The van der Waals surface area contributed by atoms with Crippen molar-refractivity contribution in [3.8, 4) is 0 Å². The predicted molar refractivity (Wildman–Crippen MR) is 66.3 cm³/mol. The lowest BCUT2D eigenvalue weighted by atomic mass is 9.99. The van der Waals surface area contributed by atoms with Crippen LogP contribution in [0.15, 0.2) is 18.2 Å². The molecule has 84 valence electrons. The van der Waals surface area contributed by atoms with Crippen LogP contribution in [0.25, 0.3) is 10.9 Å². The van der Waals surface area contributed by atoms with Crippen molar-refractivity contribution in [2.45, 2.75) is 31.6 Å². The summed E-state index contributed by atoms with van der Waals surface area (Å²) in [6.45, 7) is 0. The van der Waals surface area contributed by atoms with Crippen LogP contribution in [-0.4, -0.2) is 9.78 Å². The summed E-state index contributed by atoms with van der Waals surface area (Å²) in [4.78, 5) is 0. The fourth-order valence-corrected chi connectivity index (χ4v) is 2.96. The van der Waals surface area contributed by atoms with Crippen molar-refractivity contribution in [2.24, 2.45) is 7.05 Å². The molecule has 1 aliphatic carbocycles. The van der Waals surface area contributed by atoms with Crippen LogP contribution in [0.3, 0.4) is 0 Å². The van der Waals surface area contributed by atoms with Gasteiger partial charge in [-0.1, -0.05) is 18.9 Å². The van der Waals surface area contributed by atoms with E-state index in [2.05, 4.69) is 5.10 Å². The topological polar surface area (TPSA) is 43.8 Å². The molecule has 0 amide bonds. The normalized spacial score (nSPS) is 17.3. The lowest BCUT2D eigenvalue weighted by molar-refractivity contribution is 0.623. The molecule has 0 unspecified atom stereocenters. The Morgan fingerprint density at radius 2 is 2.06 bits per heavy atom. The van der Waals surface area contributed by atoms with Gasteiger partial charge in [-0.2, -0.15) is 5.10 Å². The van der Waals surface area contributed by atoms with E-state index in [1.807, 2.05) is 29.9 Å². The highest BCUT2D eigenvalue weighted by Crippen LogP contribution is 2.38. The molecule has 1 saturated carbocycles. The van der Waals surface area contributed by atoms with E-state index in [0.29, 0.717) is 5.92 Å². The Hall–Kier alpha value is -1.51. The first kappa shape index (κ1) is 9.70. The number of rotatable bonds is 1. The van der Waals surface area contributed by atoms with E-state index in [1.165, 1.54) is 36.8 Å². The summed E-state index contributed by atoms with van der Waals surface area (Å²) in [5.41, 5.74) is 9.32. The molecular formula is C13H17N3. The number of benzene rings is 1. The molecule has 0 spiro atoms. The summed E-state index contributed by atoms with van der Waals surface area (Å²) in [5, 5.41) is 5.73. The van der Waals surface area contributed by atoms with E-state index >= 15 is 0 Å². The zero-order valence-corrected chi connectivity index (χ0v) is 9.61. The fourth-order valence-electron chi connectivity index (χ4n) is 2.96. The van der Waals surface area contributed by atoms with Crippen molar-refractivity contribution >= 4 is 16.6 Å². The number of hydrogen-bond acceptors (Lipinski definition) is 2. The first-order chi connectivity index (χ1) is 7.77. The molecule has 1 aromatic carbocycles. The Balaban J connectivity index is 2.25. The fraction of sp³-hybridized carbons (Fsp3) is 0.462. The number of hydrogen-bond donors (Lipinski definition) is 1. The minimum atomic E-state index is 0.652. The first-order valence-electron chi connectivity index (χ1n) is 5.98. The first-order valence-corrected chi connectivity index (χ1v) is 5.98. The molecule has 1 heterocycles. The number of anilines is 1. The molecule has 0 radical (unpaired) electrons. The quantitative estimate of drug-likeness (QED) is 0.743. The number of nitrogens with two attached hydrogens (primary N) is 1. The Morgan fingerprint density at radius 3 is 2.81 bits per heavy atom. The van der Waals surface area contributed by atoms with Gasteiger partial charge in [0.15, 0.2) is 0 Å². The smallest absolute Gasteiger partial charge is 0.0947 e. The van der Waals surface area contributed by atoms with E-state index in [9.17, 15) is 0 Å². The summed E-state index contributed by atoms with van der Waals surface area (Å²) in [6, 6.07) is 6.00. The second-order valence-electron chi connectivity index (χ2n) is 4.73. The number of fused-ring (bicyclic) bond motifs is 1. The van der Waals surface area contributed by atoms with Gasteiger partial charge in [0, 0.05) is 24.0 Å². The molecule has 3 heteroatoms. The number of nitrogens with zero attached hydrogens (tertiary/aromatic N) is 2. The Morgan fingerprint density at radius 1 is 1.31 bits per heavy atom. The van der Waals surface area contributed by atoms with Crippen LogP contribution < -0.4 is 5.73 Å². The summed E-state index contributed by atoms with van der Waals surface area (Å²) in [7, 11) is 2.03. The lowest BCUT2D eigenvalue weighted by Crippen LogP contribution is -2.03. The maximum atomic E-state index is 6.08. The van der Waals surface area contributed by atoms with Gasteiger partial charge in [0.1, 0.15) is 0 Å². The number of aromatic nitrogens is 2. The average molecular weight is 215 g/mol. The third-order valence-corrected chi connectivity index (χ3v) is 3.68. The van der Waals surface area contributed by atoms with Crippen LogP contribution in [0, 0.1) is 0 Å². The largest absolute Gasteiger partial charge is 0.398 e. The van der Waals surface area contributed by atoms with Gasteiger partial charge in [0.25, 0.3) is 0 Å². The van der Waals surface area contributed by atoms with Crippen LogP contribution in [-0.2, 0) is 7.05 Å². The average Bonchev–Trinajstić information content (AvgIpc) is 2.84. The maximum absolute atomic E-state index is 6.08. The van der Waals surface area contributed by atoms with Crippen LogP contribution in [0.1, 0.15) is 37.3 Å². The Bertz CT molecular complexity index is 521. The van der Waals surface area contributed by atoms with Crippen molar-refractivity contribution < 1.29 is 0 Å². The predicted octanol–water partition coefficient (Wildman–Crippen LogP) is 2.81. The van der Waals surface area contributed by atoms with Gasteiger partial charge >= 0.3 is 0 Å². The van der Waals surface area contributed by atoms with Crippen LogP contribution in [0.5, 0.6) is 0 Å². The molecule has 3 rings (SSSR count). The molecule has 0 atom stereocenters. The third kappa shape index (κ3) is 1.31. The van der Waals surface area contributed by atoms with E-state index < -0.39 is 0 Å². The molecule has 0 bridgehead atoms. The highest BCUT2D eigenvalue weighted by Gasteiger charge is 2.23. The van der Waals surface area contributed by atoms with Crippen molar-refractivity contribution in [3.63, 3.8) is 0 Å². The van der Waals surface area contributed by atoms with Gasteiger partial charge in [0.05, 0.1) is 11.2 Å². The summed E-state index contributed by atoms with van der Waals surface area (Å²) < 4.78 is 2.02. The molecule has 1 aliphatic rings. The highest BCUT2D eigenvalue weighted by molar-refractivity contribution is 5.93. The van der Waals surface area contributed by atoms with E-state index in [-0.39, 0.29) is 0 Å². The zero-order chi connectivity index (χ0) is 11.1. The summed E-state index contributed by atoms with van der Waals surface area (Å²) >= 11 is 0. The minimum Gasteiger partial charge on any atom is -0.398 e. The van der Waals surface area contributed by atoms with Gasteiger partial charge in [0.2, 0.25) is 0 Å². The molecule has 1 fully saturated rings. The van der Waals surface area contributed by atoms with Crippen molar-refractivity contribution in [3.05, 3.63) is 23.9 Å². The monoisotopic (exact) mass is 215 g/mol. The molecule has 3 nitrogen and oxygen atoms in total. The Kier molecular flexibility index (Phi) is 2.13. The molecule has 0 aliphatic heterocycles. The maximum Gasteiger partial charge on any atom is 0.0947 e. The van der Waals surface area contributed by atoms with Gasteiger partial charge in [-0.15, -0.1) is 0 Å². The molecule has 16 heavy (non-hydrogen) atoms. The van der Waals surface area contributed by atoms with Gasteiger partial charge in [-0.3, -0.25) is 4.68 Å². The van der Waals surface area contributed by atoms with Gasteiger partial charge in [-0.05, 0) is 25.0 Å². The number of aryl methyl sites for hydroxylation is 1. The number of nitrogen functional groups attached to an aromatic ring is 1. The van der Waals surface area contributed by atoms with Gasteiger partial charge < -0.3 is 5.73 Å². The Labute approximate surface area is 95.2 Å². The SMILES string of the molecule is Cn1nc2cccc(N)c2c1C1CCCC1. The van der Waals surface area contributed by atoms with E-state index in [1.54, 1.807) is 0 Å². The van der Waals surface area contributed by atoms with Crippen molar-refractivity contribution in [1.82, 2.24) is 9.78 Å². The zero-order valence-electron chi connectivity index (χ0n) is 9.61. The van der Waals surface area contributed by atoms with Crippen LogP contribution in [0.2, 0.25) is 0 Å². The lowest BCUT2D eigenvalue weighted by Gasteiger charge is -2.10. The van der Waals surface area contributed by atoms with Crippen LogP contribution >= 0.6 is 0 Å². The molecule has 2 aromatic rings. The second kappa shape index (κ2) is 3.51. The second-order valence-corrected chi connectivity index (χ2v) is 4.73. The summed E-state index contributed by atoms with van der Waals surface area (Å²) in [6.07, 6.45) is 5.24. The van der Waals surface area contributed by atoms with Crippen molar-refractivity contribution in [1.29, 1.82) is 0 Å². The molecular weight excluding hydrogens is 198 g/mol. The summed E-state index contributed by atoms with van der Waals surface area (Å²) in [5.74, 6) is 0.652. The molecule has 0 saturated heterocycles. The van der Waals surface area contributed by atoms with Gasteiger partial charge in [-0.25, -0.2) is 0 Å². The van der Waals surface area contributed by atoms with E-state index in [4.69, 9.17) is 5.73 Å². The molecule has 1 aromatic heterocycles. The highest BCUT2D eigenvalue weighted by atomic mass is 15.3. The van der Waals surface area contributed by atoms with Crippen molar-refractivity contribution in [2.75, 3.05) is 5.73 Å². The molecule has 2 N–H and O–H groups in total. The third-order valence-electron chi connectivity index (χ3n) is 3.68. The van der Waals surface area contributed by atoms with E-state index in [0.717, 1.165) is 11.2 Å².